The van der Waals surface area contributed by atoms with E-state index in [0.29, 0.717) is 10.6 Å². The number of para-hydroxylation sites is 1. The van der Waals surface area contributed by atoms with Crippen molar-refractivity contribution >= 4 is 32.7 Å². The second-order valence-electron chi connectivity index (χ2n) is 6.98. The van der Waals surface area contributed by atoms with Crippen LogP contribution in [0.4, 0.5) is 0 Å². The number of hydrogen-bond donors (Lipinski definition) is 1. The Kier molecular flexibility index (Phi) is 6.05. The normalized spacial score (nSPS) is 12.3. The summed E-state index contributed by atoms with van der Waals surface area (Å²) in [5.41, 5.74) is 3.31. The summed E-state index contributed by atoms with van der Waals surface area (Å²) in [6, 6.07) is 20.4. The lowest BCUT2D eigenvalue weighted by Crippen LogP contribution is -2.28. The van der Waals surface area contributed by atoms with Crippen LogP contribution in [0.1, 0.15) is 17.2 Å². The van der Waals surface area contributed by atoms with E-state index >= 15 is 0 Å². The number of fused-ring (bicyclic) bond motifs is 1. The summed E-state index contributed by atoms with van der Waals surface area (Å²) in [6.45, 7) is 2.18. The molecule has 1 N–H and O–H groups in total. The number of rotatable bonds is 5. The fourth-order valence-corrected chi connectivity index (χ4v) is 4.30. The highest BCUT2D eigenvalue weighted by atomic mass is 35.5. The molecule has 0 fully saturated rings. The van der Waals surface area contributed by atoms with Gasteiger partial charge in [-0.1, -0.05) is 70.6 Å². The van der Waals surface area contributed by atoms with Crippen LogP contribution in [-0.2, 0) is 16.6 Å². The van der Waals surface area contributed by atoms with Crippen LogP contribution in [0.25, 0.3) is 11.0 Å². The summed E-state index contributed by atoms with van der Waals surface area (Å²) in [4.78, 5) is 0.182. The van der Waals surface area contributed by atoms with E-state index in [2.05, 4.69) is 26.9 Å². The molecule has 8 heteroatoms. The fraction of sp³-hybridized carbons (Fsp3) is 0.130. The molecule has 156 valence electrons. The minimum absolute atomic E-state index is 0.182. The molecule has 0 radical (unpaired) electrons. The number of halogens is 1. The third-order valence-electron chi connectivity index (χ3n) is 4.70. The molecule has 0 aliphatic rings. The maximum atomic E-state index is 12.9. The number of sulfonamides is 1. The van der Waals surface area contributed by atoms with E-state index in [-0.39, 0.29) is 11.4 Å². The highest BCUT2D eigenvalue weighted by Gasteiger charge is 2.20. The van der Waals surface area contributed by atoms with Gasteiger partial charge in [0.2, 0.25) is 10.0 Å². The van der Waals surface area contributed by atoms with Gasteiger partial charge in [0.25, 0.3) is 0 Å². The predicted octanol–water partition coefficient (Wildman–Crippen LogP) is 4.12. The first-order valence-electron chi connectivity index (χ1n) is 9.53. The summed E-state index contributed by atoms with van der Waals surface area (Å²) >= 11 is 5.99. The van der Waals surface area contributed by atoms with Gasteiger partial charge < -0.3 is 0 Å². The van der Waals surface area contributed by atoms with E-state index in [0.717, 1.165) is 16.6 Å². The Bertz CT molecular complexity index is 1370. The highest BCUT2D eigenvalue weighted by Crippen LogP contribution is 2.20. The van der Waals surface area contributed by atoms with Gasteiger partial charge in [0.15, 0.2) is 0 Å². The Balaban J connectivity index is 1.63. The van der Waals surface area contributed by atoms with Crippen LogP contribution in [0.5, 0.6) is 0 Å². The van der Waals surface area contributed by atoms with Crippen molar-refractivity contribution < 1.29 is 8.42 Å². The summed E-state index contributed by atoms with van der Waals surface area (Å²) in [5, 5.41) is 8.79. The molecule has 31 heavy (non-hydrogen) atoms. The quantitative estimate of drug-likeness (QED) is 0.464. The summed E-state index contributed by atoms with van der Waals surface area (Å²) < 4.78 is 30.2. The van der Waals surface area contributed by atoms with Crippen molar-refractivity contribution in [2.24, 2.45) is 0 Å². The molecule has 1 heterocycles. The standard InChI is InChI=1S/C23H19ClN4O2S/c1-17-8-14-20(15-9-17)31(29,30)26-21(18-10-12-19(24)13-11-18)6-4-16-28-23-7-3-2-5-22(23)25-27-28/h2-3,5,7-15,21,26H,16H2,1H3. The Morgan fingerprint density at radius 2 is 1.74 bits per heavy atom. The number of nitrogens with zero attached hydrogens (tertiary/aromatic N) is 3. The van der Waals surface area contributed by atoms with E-state index in [4.69, 9.17) is 11.6 Å². The zero-order chi connectivity index (χ0) is 21.8. The van der Waals surface area contributed by atoms with Crippen LogP contribution in [0.15, 0.2) is 77.7 Å². The van der Waals surface area contributed by atoms with E-state index in [1.165, 1.54) is 0 Å². The fourth-order valence-electron chi connectivity index (χ4n) is 3.03. The average Bonchev–Trinajstić information content (AvgIpc) is 3.17. The van der Waals surface area contributed by atoms with Gasteiger partial charge in [-0.15, -0.1) is 5.10 Å². The Hall–Kier alpha value is -3.18. The van der Waals surface area contributed by atoms with Gasteiger partial charge in [0.05, 0.1) is 10.4 Å². The summed E-state index contributed by atoms with van der Waals surface area (Å²) in [7, 11) is -3.77. The molecule has 6 nitrogen and oxygen atoms in total. The third kappa shape index (κ3) is 4.94. The van der Waals surface area contributed by atoms with Gasteiger partial charge in [0, 0.05) is 5.02 Å². The molecule has 0 aliphatic carbocycles. The van der Waals surface area contributed by atoms with Crippen molar-refractivity contribution in [3.63, 3.8) is 0 Å². The number of benzene rings is 3. The smallest absolute Gasteiger partial charge is 0.233 e. The van der Waals surface area contributed by atoms with E-state index in [9.17, 15) is 8.42 Å². The lowest BCUT2D eigenvalue weighted by atomic mass is 10.1. The monoisotopic (exact) mass is 450 g/mol. The Morgan fingerprint density at radius 3 is 2.48 bits per heavy atom. The van der Waals surface area contributed by atoms with Crippen LogP contribution in [0.3, 0.4) is 0 Å². The maximum Gasteiger partial charge on any atom is 0.241 e. The molecule has 1 unspecified atom stereocenters. The second kappa shape index (κ2) is 8.90. The molecule has 1 atom stereocenters. The van der Waals surface area contributed by atoms with Crippen LogP contribution in [0, 0.1) is 18.8 Å². The van der Waals surface area contributed by atoms with E-state index < -0.39 is 16.1 Å². The molecule has 4 rings (SSSR count). The largest absolute Gasteiger partial charge is 0.241 e. The van der Waals surface area contributed by atoms with Crippen molar-refractivity contribution in [1.82, 2.24) is 19.7 Å². The zero-order valence-electron chi connectivity index (χ0n) is 16.7. The van der Waals surface area contributed by atoms with Gasteiger partial charge >= 0.3 is 0 Å². The molecule has 3 aromatic carbocycles. The number of nitrogens with one attached hydrogen (secondary N) is 1. The minimum atomic E-state index is -3.77. The molecule has 0 bridgehead atoms. The average molecular weight is 451 g/mol. The first-order chi connectivity index (χ1) is 14.9. The van der Waals surface area contributed by atoms with Crippen molar-refractivity contribution in [3.8, 4) is 11.8 Å². The van der Waals surface area contributed by atoms with Crippen LogP contribution in [-0.4, -0.2) is 23.4 Å². The minimum Gasteiger partial charge on any atom is -0.233 e. The van der Waals surface area contributed by atoms with Gasteiger partial charge in [-0.05, 0) is 48.9 Å². The van der Waals surface area contributed by atoms with Gasteiger partial charge in [-0.2, -0.15) is 4.72 Å². The van der Waals surface area contributed by atoms with E-state index in [1.54, 1.807) is 53.2 Å². The van der Waals surface area contributed by atoms with Crippen LogP contribution in [0.2, 0.25) is 5.02 Å². The zero-order valence-corrected chi connectivity index (χ0v) is 18.2. The van der Waals surface area contributed by atoms with Gasteiger partial charge in [0.1, 0.15) is 18.1 Å². The van der Waals surface area contributed by atoms with E-state index in [1.807, 2.05) is 31.2 Å². The Labute approximate surface area is 185 Å². The molecular weight excluding hydrogens is 432 g/mol. The first-order valence-corrected chi connectivity index (χ1v) is 11.4. The van der Waals surface area contributed by atoms with Gasteiger partial charge in [-0.3, -0.25) is 0 Å². The highest BCUT2D eigenvalue weighted by molar-refractivity contribution is 7.89. The van der Waals surface area contributed by atoms with Crippen molar-refractivity contribution in [2.45, 2.75) is 24.4 Å². The molecule has 0 saturated carbocycles. The van der Waals surface area contributed by atoms with Crippen molar-refractivity contribution in [3.05, 3.63) is 88.9 Å². The summed E-state index contributed by atoms with van der Waals surface area (Å²) in [6.07, 6.45) is 0. The number of aromatic nitrogens is 3. The van der Waals surface area contributed by atoms with Gasteiger partial charge in [-0.25, -0.2) is 13.1 Å². The van der Waals surface area contributed by atoms with Crippen LogP contribution >= 0.6 is 11.6 Å². The lowest BCUT2D eigenvalue weighted by molar-refractivity contribution is 0.576. The molecule has 0 spiro atoms. The molecule has 4 aromatic rings. The first kappa shape index (κ1) is 21.1. The summed E-state index contributed by atoms with van der Waals surface area (Å²) in [5.74, 6) is 6.05. The third-order valence-corrected chi connectivity index (χ3v) is 6.39. The topological polar surface area (TPSA) is 76.9 Å². The lowest BCUT2D eigenvalue weighted by Gasteiger charge is -2.14. The van der Waals surface area contributed by atoms with Crippen molar-refractivity contribution in [1.29, 1.82) is 0 Å². The number of aryl methyl sites for hydroxylation is 1. The Morgan fingerprint density at radius 1 is 1.03 bits per heavy atom. The molecular formula is C23H19ClN4O2S. The SMILES string of the molecule is Cc1ccc(S(=O)(=O)NC(C#CCn2nnc3ccccc32)c2ccc(Cl)cc2)cc1. The molecule has 0 saturated heterocycles. The number of hydrogen-bond acceptors (Lipinski definition) is 4. The predicted molar refractivity (Wildman–Crippen MR) is 121 cm³/mol. The van der Waals surface area contributed by atoms with Crippen LogP contribution < -0.4 is 4.72 Å². The maximum absolute atomic E-state index is 12.9. The molecule has 1 aromatic heterocycles. The second-order valence-corrected chi connectivity index (χ2v) is 9.13. The molecule has 0 amide bonds. The van der Waals surface area contributed by atoms with Crippen molar-refractivity contribution in [2.75, 3.05) is 0 Å². The molecule has 0 aliphatic heterocycles.